The van der Waals surface area contributed by atoms with Crippen LogP contribution in [-0.2, 0) is 11.2 Å². The van der Waals surface area contributed by atoms with Gasteiger partial charge in [0, 0.05) is 23.3 Å². The largest absolute Gasteiger partial charge is 0.610 e. The molecular formula is C11H16FN3OS. The van der Waals surface area contributed by atoms with Gasteiger partial charge in [0.25, 0.3) is 0 Å². The summed E-state index contributed by atoms with van der Waals surface area (Å²) in [6.07, 6.45) is 0.944. The summed E-state index contributed by atoms with van der Waals surface area (Å²) in [5.41, 5.74) is 3.36. The average molecular weight is 257 g/mol. The number of nitrogens with two attached hydrogens (primary N) is 1. The molecule has 2 unspecified atom stereocenters. The minimum absolute atomic E-state index is 0.232. The van der Waals surface area contributed by atoms with Crippen molar-refractivity contribution in [2.24, 2.45) is 5.84 Å². The van der Waals surface area contributed by atoms with Crippen molar-refractivity contribution in [2.45, 2.75) is 31.2 Å². The number of anilines is 2. The van der Waals surface area contributed by atoms with Crippen LogP contribution in [0.3, 0.4) is 0 Å². The third-order valence-electron chi connectivity index (χ3n) is 3.14. The number of hydrogen-bond acceptors (Lipinski definition) is 4. The summed E-state index contributed by atoms with van der Waals surface area (Å²) in [5.74, 6) is 5.21. The number of halogens is 1. The van der Waals surface area contributed by atoms with Crippen LogP contribution in [0, 0.1) is 5.82 Å². The third-order valence-corrected chi connectivity index (χ3v) is 4.47. The average Bonchev–Trinajstić information content (AvgIpc) is 2.64. The van der Waals surface area contributed by atoms with E-state index in [2.05, 4.69) is 19.3 Å². The second-order valence-corrected chi connectivity index (χ2v) is 5.53. The highest BCUT2D eigenvalue weighted by atomic mass is 32.2. The molecule has 0 saturated carbocycles. The van der Waals surface area contributed by atoms with Crippen molar-refractivity contribution in [1.29, 1.82) is 0 Å². The van der Waals surface area contributed by atoms with Crippen LogP contribution in [0.1, 0.15) is 20.3 Å². The van der Waals surface area contributed by atoms with Crippen molar-refractivity contribution >= 4 is 22.6 Å². The fraction of sp³-hybridized carbons (Fsp3) is 0.455. The van der Waals surface area contributed by atoms with Crippen molar-refractivity contribution in [3.63, 3.8) is 0 Å². The quantitative estimate of drug-likeness (QED) is 0.492. The van der Waals surface area contributed by atoms with Gasteiger partial charge in [0.15, 0.2) is 16.6 Å². The van der Waals surface area contributed by atoms with Gasteiger partial charge >= 0.3 is 0 Å². The number of hydrazine groups is 1. The Balaban J connectivity index is 2.45. The Hall–Kier alpha value is -0.980. The fourth-order valence-electron chi connectivity index (χ4n) is 1.91. The first-order valence-corrected chi connectivity index (χ1v) is 6.85. The summed E-state index contributed by atoms with van der Waals surface area (Å²) in [7, 11) is 0. The first-order chi connectivity index (χ1) is 8.08. The maximum Gasteiger partial charge on any atom is 0.184 e. The number of benzene rings is 1. The van der Waals surface area contributed by atoms with Gasteiger partial charge in [0.05, 0.1) is 11.4 Å². The zero-order valence-electron chi connectivity index (χ0n) is 9.87. The van der Waals surface area contributed by atoms with Crippen molar-refractivity contribution in [1.82, 2.24) is 0 Å². The molecule has 1 aromatic rings. The second-order valence-electron chi connectivity index (χ2n) is 4.15. The van der Waals surface area contributed by atoms with E-state index in [1.807, 2.05) is 4.90 Å². The highest BCUT2D eigenvalue weighted by molar-refractivity contribution is 7.92. The van der Waals surface area contributed by atoms with Crippen LogP contribution in [-0.4, -0.2) is 16.5 Å². The summed E-state index contributed by atoms with van der Waals surface area (Å²) in [6.45, 7) is 4.13. The standard InChI is InChI=1S/C11H16FN3OS/c1-3-7(2)15-6-17(16)11-4-8(12)9(14-13)5-10(11)15/h4-5,7,14H,3,6,13H2,1-2H3. The third kappa shape index (κ3) is 2.08. The van der Waals surface area contributed by atoms with Crippen LogP contribution in [0.15, 0.2) is 17.0 Å². The van der Waals surface area contributed by atoms with Crippen LogP contribution in [0.2, 0.25) is 0 Å². The number of nitrogen functional groups attached to an aromatic ring is 1. The van der Waals surface area contributed by atoms with Gasteiger partial charge in [-0.1, -0.05) is 6.92 Å². The minimum Gasteiger partial charge on any atom is -0.610 e. The van der Waals surface area contributed by atoms with Crippen LogP contribution in [0.4, 0.5) is 15.8 Å². The number of fused-ring (bicyclic) bond motifs is 1. The van der Waals surface area contributed by atoms with Crippen LogP contribution < -0.4 is 16.2 Å². The van der Waals surface area contributed by atoms with E-state index in [1.165, 1.54) is 6.07 Å². The Kier molecular flexibility index (Phi) is 3.46. The Morgan fingerprint density at radius 2 is 2.35 bits per heavy atom. The molecule has 1 heterocycles. The lowest BCUT2D eigenvalue weighted by atomic mass is 10.2. The molecule has 4 nitrogen and oxygen atoms in total. The number of hydrogen-bond donors (Lipinski definition) is 2. The molecule has 2 rings (SSSR count). The van der Waals surface area contributed by atoms with E-state index in [1.54, 1.807) is 6.07 Å². The molecule has 0 spiro atoms. The van der Waals surface area contributed by atoms with E-state index in [-0.39, 0.29) is 11.7 Å². The lowest BCUT2D eigenvalue weighted by Gasteiger charge is -2.23. The molecule has 1 aliphatic rings. The van der Waals surface area contributed by atoms with Gasteiger partial charge in [0.1, 0.15) is 0 Å². The first kappa shape index (κ1) is 12.5. The maximum atomic E-state index is 13.5. The molecule has 0 saturated heterocycles. The summed E-state index contributed by atoms with van der Waals surface area (Å²) in [6, 6.07) is 3.21. The molecule has 6 heteroatoms. The van der Waals surface area contributed by atoms with Gasteiger partial charge in [-0.2, -0.15) is 0 Å². The summed E-state index contributed by atoms with van der Waals surface area (Å²) < 4.78 is 25.4. The monoisotopic (exact) mass is 257 g/mol. The maximum absolute atomic E-state index is 13.5. The van der Waals surface area contributed by atoms with Crippen molar-refractivity contribution in [3.05, 3.63) is 17.9 Å². The van der Waals surface area contributed by atoms with Gasteiger partial charge in [-0.3, -0.25) is 5.84 Å². The van der Waals surface area contributed by atoms with E-state index >= 15 is 0 Å². The van der Waals surface area contributed by atoms with E-state index in [9.17, 15) is 8.94 Å². The normalized spacial score (nSPS) is 20.3. The van der Waals surface area contributed by atoms with Gasteiger partial charge in [-0.25, -0.2) is 4.39 Å². The molecular weight excluding hydrogens is 241 g/mol. The van der Waals surface area contributed by atoms with Crippen LogP contribution >= 0.6 is 0 Å². The Morgan fingerprint density at radius 3 is 2.94 bits per heavy atom. The molecule has 0 radical (unpaired) electrons. The molecule has 0 aromatic heterocycles. The van der Waals surface area contributed by atoms with E-state index in [0.29, 0.717) is 10.8 Å². The Labute approximate surface area is 103 Å². The lowest BCUT2D eigenvalue weighted by molar-refractivity contribution is 0.590. The van der Waals surface area contributed by atoms with Gasteiger partial charge in [-0.05, 0) is 19.4 Å². The van der Waals surface area contributed by atoms with Gasteiger partial charge in [0.2, 0.25) is 0 Å². The van der Waals surface area contributed by atoms with E-state index in [4.69, 9.17) is 5.84 Å². The van der Waals surface area contributed by atoms with Crippen molar-refractivity contribution < 1.29 is 8.94 Å². The minimum atomic E-state index is -1.15. The molecule has 0 bridgehead atoms. The summed E-state index contributed by atoms with van der Waals surface area (Å²) in [5, 5.41) is 0. The predicted octanol–water partition coefficient (Wildman–Crippen LogP) is 1.79. The SMILES string of the molecule is CCC(C)N1C[S+]([O-])c2cc(F)c(NN)cc21. The van der Waals surface area contributed by atoms with Crippen LogP contribution in [0.25, 0.3) is 0 Å². The van der Waals surface area contributed by atoms with Crippen LogP contribution in [0.5, 0.6) is 0 Å². The summed E-state index contributed by atoms with van der Waals surface area (Å²) >= 11 is -1.15. The number of nitrogens with one attached hydrogen (secondary N) is 1. The lowest BCUT2D eigenvalue weighted by Crippen LogP contribution is -2.32. The fourth-order valence-corrected chi connectivity index (χ4v) is 3.34. The van der Waals surface area contributed by atoms with Crippen molar-refractivity contribution in [3.8, 4) is 0 Å². The second kappa shape index (κ2) is 4.72. The molecule has 1 aliphatic heterocycles. The predicted molar refractivity (Wildman–Crippen MR) is 67.7 cm³/mol. The molecule has 0 aliphatic carbocycles. The molecule has 0 amide bonds. The van der Waals surface area contributed by atoms with Gasteiger partial charge < -0.3 is 14.9 Å². The first-order valence-electron chi connectivity index (χ1n) is 5.53. The topological polar surface area (TPSA) is 64.3 Å². The smallest absolute Gasteiger partial charge is 0.184 e. The Morgan fingerprint density at radius 1 is 1.65 bits per heavy atom. The Bertz CT molecular complexity index is 429. The molecule has 94 valence electrons. The highest BCUT2D eigenvalue weighted by Gasteiger charge is 2.34. The molecule has 2 atom stereocenters. The number of nitrogens with zero attached hydrogens (tertiary/aromatic N) is 1. The molecule has 3 N–H and O–H groups in total. The summed E-state index contributed by atoms with van der Waals surface area (Å²) in [4.78, 5) is 2.59. The molecule has 17 heavy (non-hydrogen) atoms. The molecule has 0 fully saturated rings. The zero-order valence-corrected chi connectivity index (χ0v) is 10.7. The van der Waals surface area contributed by atoms with E-state index < -0.39 is 17.0 Å². The van der Waals surface area contributed by atoms with E-state index in [0.717, 1.165) is 12.1 Å². The van der Waals surface area contributed by atoms with Gasteiger partial charge in [-0.15, -0.1) is 0 Å². The number of rotatable bonds is 3. The molecule has 1 aromatic carbocycles. The zero-order chi connectivity index (χ0) is 12.6. The van der Waals surface area contributed by atoms with Crippen molar-refractivity contribution in [2.75, 3.05) is 16.2 Å². The highest BCUT2D eigenvalue weighted by Crippen LogP contribution is 2.38.